The lowest BCUT2D eigenvalue weighted by molar-refractivity contribution is 0.00578. The van der Waals surface area contributed by atoms with Gasteiger partial charge >= 0.3 is 14.2 Å². The molecule has 1 aromatic rings. The number of hydrogen-bond acceptors (Lipinski definition) is 6. The van der Waals surface area contributed by atoms with E-state index in [-0.39, 0.29) is 0 Å². The van der Waals surface area contributed by atoms with Gasteiger partial charge in [0.05, 0.1) is 41.1 Å². The van der Waals surface area contributed by atoms with E-state index in [4.69, 9.17) is 23.4 Å². The highest BCUT2D eigenvalue weighted by atomic mass is 16.7. The number of nitriles is 1. The monoisotopic (exact) mass is 385 g/mol. The van der Waals surface area contributed by atoms with Crippen LogP contribution in [0.1, 0.15) is 61.0 Å². The zero-order valence-electron chi connectivity index (χ0n) is 18.3. The van der Waals surface area contributed by atoms with Crippen molar-refractivity contribution in [3.63, 3.8) is 0 Å². The van der Waals surface area contributed by atoms with E-state index in [2.05, 4.69) is 6.07 Å². The Morgan fingerprint density at radius 3 is 1.32 bits per heavy atom. The van der Waals surface area contributed by atoms with E-state index >= 15 is 0 Å². The largest absolute Gasteiger partial charge is 0.498 e. The highest BCUT2D eigenvalue weighted by molar-refractivity contribution is 6.68. The van der Waals surface area contributed by atoms with E-state index in [1.54, 1.807) is 19.2 Å². The molecule has 8 heteroatoms. The topological polar surface area (TPSA) is 69.9 Å². The molecule has 0 N–H and O–H groups in total. The maximum absolute atomic E-state index is 9.59. The second-order valence-electron chi connectivity index (χ2n) is 9.48. The summed E-state index contributed by atoms with van der Waals surface area (Å²) in [4.78, 5) is 0. The van der Waals surface area contributed by atoms with Gasteiger partial charge in [0.25, 0.3) is 0 Å². The lowest BCUT2D eigenvalue weighted by atomic mass is 9.69. The van der Waals surface area contributed by atoms with Crippen molar-refractivity contribution in [3.05, 3.63) is 17.7 Å². The first kappa shape index (κ1) is 21.2. The third kappa shape index (κ3) is 3.25. The third-order valence-electron chi connectivity index (χ3n) is 6.49. The van der Waals surface area contributed by atoms with Crippen molar-refractivity contribution in [1.29, 1.82) is 5.26 Å². The van der Waals surface area contributed by atoms with Crippen LogP contribution in [0.5, 0.6) is 5.75 Å². The van der Waals surface area contributed by atoms with E-state index in [1.807, 2.05) is 55.4 Å². The zero-order valence-corrected chi connectivity index (χ0v) is 18.3. The van der Waals surface area contributed by atoms with Gasteiger partial charge in [0.1, 0.15) is 5.75 Å². The number of hydrogen-bond donors (Lipinski definition) is 0. The summed E-state index contributed by atoms with van der Waals surface area (Å²) in [5, 5.41) is 9.59. The molecule has 150 valence electrons. The Kier molecular flexibility index (Phi) is 4.92. The van der Waals surface area contributed by atoms with Crippen molar-refractivity contribution in [2.45, 2.75) is 77.8 Å². The molecule has 2 saturated heterocycles. The molecule has 0 spiro atoms. The molecule has 2 aliphatic rings. The van der Waals surface area contributed by atoms with Gasteiger partial charge < -0.3 is 23.4 Å². The van der Waals surface area contributed by atoms with Crippen molar-refractivity contribution >= 4 is 25.2 Å². The SMILES string of the molecule is COc1c(B2OC(C)(C)C(C)(C)O2)cc(C#N)cc1B1OC(C)(C)C(C)(C)O1. The molecule has 6 nitrogen and oxygen atoms in total. The van der Waals surface area contributed by atoms with Crippen molar-refractivity contribution in [2.24, 2.45) is 0 Å². The van der Waals surface area contributed by atoms with Crippen LogP contribution in [-0.4, -0.2) is 43.8 Å². The summed E-state index contributed by atoms with van der Waals surface area (Å²) >= 11 is 0. The van der Waals surface area contributed by atoms with Gasteiger partial charge in [-0.15, -0.1) is 0 Å². The normalized spacial score (nSPS) is 24.3. The quantitative estimate of drug-likeness (QED) is 0.743. The van der Waals surface area contributed by atoms with Gasteiger partial charge in [-0.2, -0.15) is 5.26 Å². The average Bonchev–Trinajstić information content (AvgIpc) is 2.93. The summed E-state index contributed by atoms with van der Waals surface area (Å²) in [6, 6.07) is 5.70. The molecule has 0 aromatic heterocycles. The summed E-state index contributed by atoms with van der Waals surface area (Å²) in [5.74, 6) is 0.552. The maximum Gasteiger partial charge on any atom is 0.498 e. The van der Waals surface area contributed by atoms with Gasteiger partial charge in [-0.3, -0.25) is 0 Å². The fraction of sp³-hybridized carbons (Fsp3) is 0.650. The number of nitrogens with zero attached hydrogens (tertiary/aromatic N) is 1. The Morgan fingerprint density at radius 2 is 1.07 bits per heavy atom. The zero-order chi connectivity index (χ0) is 21.1. The minimum Gasteiger partial charge on any atom is -0.497 e. The standard InChI is InChI=1S/C20H29B2NO5/c1-17(2)18(3,4)26-21(25-17)14-10-13(12-23)11-15(16(14)24-9)22-27-19(5,6)20(7,8)28-22/h10-11H,1-9H3. The minimum atomic E-state index is -0.658. The molecule has 1 aromatic carbocycles. The summed E-state index contributed by atoms with van der Waals surface area (Å²) in [6.07, 6.45) is 0. The molecule has 0 aliphatic carbocycles. The summed E-state index contributed by atoms with van der Waals surface area (Å²) in [6.45, 7) is 15.9. The van der Waals surface area contributed by atoms with Crippen LogP contribution in [0.4, 0.5) is 0 Å². The molecule has 0 saturated carbocycles. The molecule has 0 amide bonds. The van der Waals surface area contributed by atoms with E-state index in [1.165, 1.54) is 0 Å². The lowest BCUT2D eigenvalue weighted by Gasteiger charge is -2.32. The summed E-state index contributed by atoms with van der Waals surface area (Å²) < 4.78 is 30.5. The molecule has 0 atom stereocenters. The number of benzene rings is 1. The van der Waals surface area contributed by atoms with Crippen molar-refractivity contribution in [2.75, 3.05) is 7.11 Å². The van der Waals surface area contributed by atoms with Crippen LogP contribution >= 0.6 is 0 Å². The van der Waals surface area contributed by atoms with Crippen molar-refractivity contribution in [1.82, 2.24) is 0 Å². The molecule has 0 unspecified atom stereocenters. The maximum atomic E-state index is 9.59. The fourth-order valence-corrected chi connectivity index (χ4v) is 3.26. The average molecular weight is 385 g/mol. The first-order chi connectivity index (χ1) is 12.7. The van der Waals surface area contributed by atoms with Crippen LogP contribution in [0.15, 0.2) is 12.1 Å². The van der Waals surface area contributed by atoms with Gasteiger partial charge in [-0.05, 0) is 67.5 Å². The second-order valence-corrected chi connectivity index (χ2v) is 9.48. The van der Waals surface area contributed by atoms with Crippen LogP contribution in [-0.2, 0) is 18.6 Å². The summed E-state index contributed by atoms with van der Waals surface area (Å²) in [5.41, 5.74) is -0.234. The fourth-order valence-electron chi connectivity index (χ4n) is 3.26. The highest BCUT2D eigenvalue weighted by Gasteiger charge is 2.55. The molecular weight excluding hydrogens is 356 g/mol. The highest BCUT2D eigenvalue weighted by Crippen LogP contribution is 2.39. The van der Waals surface area contributed by atoms with E-state index < -0.39 is 36.6 Å². The van der Waals surface area contributed by atoms with Crippen LogP contribution in [0.25, 0.3) is 0 Å². The van der Waals surface area contributed by atoms with Crippen LogP contribution in [0.2, 0.25) is 0 Å². The molecule has 0 radical (unpaired) electrons. The molecule has 28 heavy (non-hydrogen) atoms. The summed E-state index contributed by atoms with van der Waals surface area (Å²) in [7, 11) is 0.272. The van der Waals surface area contributed by atoms with Crippen molar-refractivity contribution < 1.29 is 23.4 Å². The Hall–Kier alpha value is -1.52. The van der Waals surface area contributed by atoms with Gasteiger partial charge in [-0.25, -0.2) is 0 Å². The molecular formula is C20H29B2NO5. The Bertz CT molecular complexity index is 739. The first-order valence-electron chi connectivity index (χ1n) is 9.58. The predicted octanol–water partition coefficient (Wildman–Crippen LogP) is 2.17. The van der Waals surface area contributed by atoms with E-state index in [9.17, 15) is 5.26 Å². The molecule has 2 heterocycles. The smallest absolute Gasteiger partial charge is 0.497 e. The first-order valence-corrected chi connectivity index (χ1v) is 9.58. The number of rotatable bonds is 3. The minimum absolute atomic E-state index is 0.468. The van der Waals surface area contributed by atoms with Gasteiger partial charge in [0, 0.05) is 10.9 Å². The Labute approximate surface area is 168 Å². The van der Waals surface area contributed by atoms with Crippen molar-refractivity contribution in [3.8, 4) is 11.8 Å². The molecule has 2 aliphatic heterocycles. The number of methoxy groups -OCH3 is 1. The van der Waals surface area contributed by atoms with Crippen LogP contribution < -0.4 is 15.7 Å². The van der Waals surface area contributed by atoms with E-state index in [0.29, 0.717) is 22.2 Å². The Morgan fingerprint density at radius 1 is 0.750 bits per heavy atom. The Balaban J connectivity index is 2.09. The number of ether oxygens (including phenoxy) is 1. The van der Waals surface area contributed by atoms with Gasteiger partial charge in [0.2, 0.25) is 0 Å². The van der Waals surface area contributed by atoms with E-state index in [0.717, 1.165) is 0 Å². The molecule has 2 fully saturated rings. The van der Waals surface area contributed by atoms with Crippen LogP contribution in [0.3, 0.4) is 0 Å². The predicted molar refractivity (Wildman–Crippen MR) is 109 cm³/mol. The van der Waals surface area contributed by atoms with Crippen LogP contribution in [0, 0.1) is 11.3 Å². The lowest BCUT2D eigenvalue weighted by Crippen LogP contribution is -2.43. The van der Waals surface area contributed by atoms with Gasteiger partial charge in [0.15, 0.2) is 0 Å². The molecule has 3 rings (SSSR count). The second kappa shape index (κ2) is 6.50. The molecule has 0 bridgehead atoms. The third-order valence-corrected chi connectivity index (χ3v) is 6.49. The van der Waals surface area contributed by atoms with Gasteiger partial charge in [-0.1, -0.05) is 0 Å².